The second-order valence-corrected chi connectivity index (χ2v) is 7.65. The predicted octanol–water partition coefficient (Wildman–Crippen LogP) is 2.65. The molecule has 4 rings (SSSR count). The van der Waals surface area contributed by atoms with Gasteiger partial charge in [-0.3, -0.25) is 13.9 Å². The van der Waals surface area contributed by atoms with Gasteiger partial charge in [-0.15, -0.1) is 0 Å². The first-order chi connectivity index (χ1) is 12.5. The molecule has 1 aliphatic heterocycles. The summed E-state index contributed by atoms with van der Waals surface area (Å²) in [4.78, 5) is 25.2. The predicted molar refractivity (Wildman–Crippen MR) is 105 cm³/mol. The largest absolute Gasteiger partial charge is 0.376 e. The summed E-state index contributed by atoms with van der Waals surface area (Å²) < 4.78 is 11.5. The second-order valence-electron chi connectivity index (χ2n) is 6.74. The van der Waals surface area contributed by atoms with Crippen molar-refractivity contribution in [3.8, 4) is 11.3 Å². The van der Waals surface area contributed by atoms with E-state index in [9.17, 15) is 9.59 Å². The molecule has 3 heterocycles. The van der Waals surface area contributed by atoms with E-state index < -0.39 is 0 Å². The molecule has 1 fully saturated rings. The van der Waals surface area contributed by atoms with Crippen molar-refractivity contribution in [3.05, 3.63) is 55.8 Å². The molecule has 2 aromatic heterocycles. The molecule has 0 radical (unpaired) electrons. The molecule has 0 N–H and O–H groups in total. The van der Waals surface area contributed by atoms with Crippen LogP contribution in [0.1, 0.15) is 12.8 Å². The van der Waals surface area contributed by atoms with Crippen molar-refractivity contribution in [1.29, 1.82) is 0 Å². The third-order valence-corrected chi connectivity index (χ3v) is 5.58. The van der Waals surface area contributed by atoms with Gasteiger partial charge in [0, 0.05) is 37.9 Å². The first-order valence-electron chi connectivity index (χ1n) is 8.64. The molecule has 136 valence electrons. The van der Waals surface area contributed by atoms with Crippen molar-refractivity contribution < 1.29 is 4.74 Å². The highest BCUT2D eigenvalue weighted by Gasteiger charge is 2.23. The zero-order chi connectivity index (χ0) is 18.4. The SMILES string of the molecule is Cn1c(=O)c2c(-c3ccc(Br)cc3)n(C[C@@H]3CCCO3)cc2n(C)c1=O. The van der Waals surface area contributed by atoms with Crippen molar-refractivity contribution in [2.75, 3.05) is 6.61 Å². The third-order valence-electron chi connectivity index (χ3n) is 5.05. The van der Waals surface area contributed by atoms with Crippen molar-refractivity contribution in [3.63, 3.8) is 0 Å². The maximum Gasteiger partial charge on any atom is 0.330 e. The summed E-state index contributed by atoms with van der Waals surface area (Å²) in [6.07, 6.45) is 4.09. The van der Waals surface area contributed by atoms with Gasteiger partial charge >= 0.3 is 5.69 Å². The molecule has 0 aliphatic carbocycles. The summed E-state index contributed by atoms with van der Waals surface area (Å²) in [6.45, 7) is 1.44. The molecule has 3 aromatic rings. The van der Waals surface area contributed by atoms with Crippen LogP contribution in [0.15, 0.2) is 44.5 Å². The maximum atomic E-state index is 12.9. The van der Waals surface area contributed by atoms with E-state index >= 15 is 0 Å². The average Bonchev–Trinajstić information content (AvgIpc) is 3.27. The number of halogens is 1. The maximum absolute atomic E-state index is 12.9. The first kappa shape index (κ1) is 17.3. The van der Waals surface area contributed by atoms with Crippen LogP contribution >= 0.6 is 15.9 Å². The molecule has 0 spiro atoms. The summed E-state index contributed by atoms with van der Waals surface area (Å²) in [5.41, 5.74) is 1.83. The summed E-state index contributed by atoms with van der Waals surface area (Å²) in [6, 6.07) is 7.87. The number of fused-ring (bicyclic) bond motifs is 1. The van der Waals surface area contributed by atoms with Gasteiger partial charge in [-0.25, -0.2) is 4.79 Å². The zero-order valence-electron chi connectivity index (χ0n) is 14.7. The number of aromatic nitrogens is 3. The van der Waals surface area contributed by atoms with Gasteiger partial charge in [-0.2, -0.15) is 0 Å². The molecule has 1 atom stereocenters. The lowest BCUT2D eigenvalue weighted by atomic mass is 10.1. The van der Waals surface area contributed by atoms with E-state index in [2.05, 4.69) is 20.5 Å². The van der Waals surface area contributed by atoms with Crippen LogP contribution in [0, 0.1) is 0 Å². The van der Waals surface area contributed by atoms with Gasteiger partial charge in [-0.05, 0) is 30.5 Å². The van der Waals surface area contributed by atoms with Crippen LogP contribution in [-0.4, -0.2) is 26.4 Å². The number of benzene rings is 1. The molecular formula is C19H20BrN3O3. The van der Waals surface area contributed by atoms with Crippen LogP contribution in [0.4, 0.5) is 0 Å². The summed E-state index contributed by atoms with van der Waals surface area (Å²) in [5.74, 6) is 0. The molecule has 1 saturated heterocycles. The van der Waals surface area contributed by atoms with Gasteiger partial charge in [-0.1, -0.05) is 28.1 Å². The minimum atomic E-state index is -0.320. The van der Waals surface area contributed by atoms with Crippen LogP contribution in [-0.2, 0) is 25.4 Å². The Labute approximate surface area is 158 Å². The van der Waals surface area contributed by atoms with Gasteiger partial charge in [0.1, 0.15) is 0 Å². The molecule has 6 nitrogen and oxygen atoms in total. The Morgan fingerprint density at radius 2 is 1.88 bits per heavy atom. The van der Waals surface area contributed by atoms with Crippen LogP contribution in [0.3, 0.4) is 0 Å². The summed E-state index contributed by atoms with van der Waals surface area (Å²) in [7, 11) is 3.22. The molecule has 1 aliphatic rings. The Balaban J connectivity index is 2.02. The lowest BCUT2D eigenvalue weighted by Crippen LogP contribution is -2.36. The Bertz CT molecular complexity index is 1090. The van der Waals surface area contributed by atoms with Crippen molar-refractivity contribution in [1.82, 2.24) is 13.7 Å². The van der Waals surface area contributed by atoms with Crippen molar-refractivity contribution in [2.45, 2.75) is 25.5 Å². The fourth-order valence-corrected chi connectivity index (χ4v) is 3.92. The van der Waals surface area contributed by atoms with E-state index in [4.69, 9.17) is 4.74 Å². The fraction of sp³-hybridized carbons (Fsp3) is 0.368. The molecule has 0 amide bonds. The second kappa shape index (κ2) is 6.55. The van der Waals surface area contributed by atoms with Crippen molar-refractivity contribution >= 4 is 26.8 Å². The molecule has 0 saturated carbocycles. The van der Waals surface area contributed by atoms with E-state index in [0.29, 0.717) is 17.4 Å². The topological polar surface area (TPSA) is 58.2 Å². The Morgan fingerprint density at radius 1 is 1.15 bits per heavy atom. The number of nitrogens with zero attached hydrogens (tertiary/aromatic N) is 3. The first-order valence-corrected chi connectivity index (χ1v) is 9.43. The number of rotatable bonds is 3. The van der Waals surface area contributed by atoms with Crippen LogP contribution < -0.4 is 11.2 Å². The average molecular weight is 418 g/mol. The van der Waals surface area contributed by atoms with Crippen LogP contribution in [0.2, 0.25) is 0 Å². The molecule has 7 heteroatoms. The van der Waals surface area contributed by atoms with E-state index in [1.54, 1.807) is 7.05 Å². The van der Waals surface area contributed by atoms with Gasteiger partial charge in [0.25, 0.3) is 5.56 Å². The van der Waals surface area contributed by atoms with E-state index in [0.717, 1.165) is 35.2 Å². The minimum Gasteiger partial charge on any atom is -0.376 e. The Hall–Kier alpha value is -2.12. The van der Waals surface area contributed by atoms with Crippen molar-refractivity contribution in [2.24, 2.45) is 14.1 Å². The molecule has 26 heavy (non-hydrogen) atoms. The Morgan fingerprint density at radius 3 is 2.54 bits per heavy atom. The normalized spacial score (nSPS) is 17.3. The lowest BCUT2D eigenvalue weighted by molar-refractivity contribution is 0.0975. The van der Waals surface area contributed by atoms with Gasteiger partial charge in [0.15, 0.2) is 0 Å². The van der Waals surface area contributed by atoms with Gasteiger partial charge in [0.2, 0.25) is 0 Å². The Kier molecular flexibility index (Phi) is 4.36. The summed E-state index contributed by atoms with van der Waals surface area (Å²) >= 11 is 3.46. The summed E-state index contributed by atoms with van der Waals surface area (Å²) in [5, 5.41) is 0.565. The third kappa shape index (κ3) is 2.75. The lowest BCUT2D eigenvalue weighted by Gasteiger charge is -2.14. The van der Waals surface area contributed by atoms with E-state index in [1.807, 2.05) is 30.5 Å². The van der Waals surface area contributed by atoms with E-state index in [-0.39, 0.29) is 17.4 Å². The van der Waals surface area contributed by atoms with E-state index in [1.165, 1.54) is 16.2 Å². The highest BCUT2D eigenvalue weighted by Crippen LogP contribution is 2.30. The van der Waals surface area contributed by atoms with Crippen LogP contribution in [0.25, 0.3) is 22.2 Å². The smallest absolute Gasteiger partial charge is 0.330 e. The number of hydrogen-bond acceptors (Lipinski definition) is 3. The van der Waals surface area contributed by atoms with Gasteiger partial charge in [0.05, 0.1) is 22.7 Å². The molecular weight excluding hydrogens is 398 g/mol. The quantitative estimate of drug-likeness (QED) is 0.657. The number of aryl methyl sites for hydroxylation is 1. The number of hydrogen-bond donors (Lipinski definition) is 0. The molecule has 1 aromatic carbocycles. The molecule has 0 unspecified atom stereocenters. The fourth-order valence-electron chi connectivity index (χ4n) is 3.66. The highest BCUT2D eigenvalue weighted by atomic mass is 79.9. The standard InChI is InChI=1S/C19H20BrN3O3/c1-21-15-11-23(10-14-4-3-9-26-14)17(12-5-7-13(20)8-6-12)16(15)18(24)22(2)19(21)25/h5-8,11,14H,3-4,9-10H2,1-2H3/t14-/m0/s1. The molecule has 0 bridgehead atoms. The van der Waals surface area contributed by atoms with Crippen LogP contribution in [0.5, 0.6) is 0 Å². The highest BCUT2D eigenvalue weighted by molar-refractivity contribution is 9.10. The minimum absolute atomic E-state index is 0.131. The zero-order valence-corrected chi connectivity index (χ0v) is 16.3. The monoisotopic (exact) mass is 417 g/mol. The number of ether oxygens (including phenoxy) is 1. The van der Waals surface area contributed by atoms with Gasteiger partial charge < -0.3 is 9.30 Å².